The number of hydrogen-bond donors (Lipinski definition) is 0. The molecular formula is C28H25F3N6O4. The Labute approximate surface area is 231 Å². The Kier molecular flexibility index (Phi) is 7.03. The molecule has 13 heteroatoms. The van der Waals surface area contributed by atoms with E-state index >= 15 is 0 Å². The molecular weight excluding hydrogens is 541 g/mol. The van der Waals surface area contributed by atoms with E-state index < -0.39 is 6.36 Å². The minimum atomic E-state index is -4.79. The summed E-state index contributed by atoms with van der Waals surface area (Å²) >= 11 is 0. The second kappa shape index (κ2) is 10.8. The van der Waals surface area contributed by atoms with Gasteiger partial charge in [-0.05, 0) is 60.9 Å². The van der Waals surface area contributed by atoms with E-state index in [2.05, 4.69) is 24.9 Å². The van der Waals surface area contributed by atoms with Crippen LogP contribution in [0, 0.1) is 0 Å². The lowest BCUT2D eigenvalue weighted by atomic mass is 10.1. The van der Waals surface area contributed by atoms with Crippen molar-refractivity contribution in [3.8, 4) is 28.7 Å². The maximum Gasteiger partial charge on any atom is 0.573 e. The van der Waals surface area contributed by atoms with Gasteiger partial charge in [0.15, 0.2) is 0 Å². The Morgan fingerprint density at radius 2 is 1.76 bits per heavy atom. The number of ether oxygens (including phenoxy) is 1. The van der Waals surface area contributed by atoms with Crippen LogP contribution in [0.5, 0.6) is 5.75 Å². The zero-order valence-electron chi connectivity index (χ0n) is 21.8. The first-order valence-corrected chi connectivity index (χ1v) is 13.1. The van der Waals surface area contributed by atoms with Gasteiger partial charge in [0, 0.05) is 49.4 Å². The number of amides is 1. The van der Waals surface area contributed by atoms with Crippen molar-refractivity contribution in [2.75, 3.05) is 26.2 Å². The number of aromatic nitrogens is 4. The lowest BCUT2D eigenvalue weighted by molar-refractivity contribution is -0.274. The monoisotopic (exact) mass is 566 g/mol. The number of alkyl halides is 3. The Balaban J connectivity index is 1.15. The van der Waals surface area contributed by atoms with Crippen molar-refractivity contribution in [3.05, 3.63) is 82.1 Å². The summed E-state index contributed by atoms with van der Waals surface area (Å²) in [6.45, 7) is 3.28. The maximum atomic E-state index is 13.1. The van der Waals surface area contributed by atoms with Crippen molar-refractivity contribution in [1.29, 1.82) is 0 Å². The summed E-state index contributed by atoms with van der Waals surface area (Å²) in [5.41, 5.74) is 1.56. The number of hydrogen-bond acceptors (Lipinski definition) is 8. The van der Waals surface area contributed by atoms with Crippen molar-refractivity contribution in [3.63, 3.8) is 0 Å². The predicted octanol–water partition coefficient (Wildman–Crippen LogP) is 3.83. The van der Waals surface area contributed by atoms with Gasteiger partial charge in [-0.15, -0.1) is 13.2 Å². The van der Waals surface area contributed by atoms with Crippen molar-refractivity contribution >= 4 is 5.91 Å². The van der Waals surface area contributed by atoms with Gasteiger partial charge in [0.05, 0.1) is 6.54 Å². The van der Waals surface area contributed by atoms with Crippen molar-refractivity contribution in [2.24, 2.45) is 0 Å². The lowest BCUT2D eigenvalue weighted by Gasteiger charge is -2.34. The number of halogens is 3. The van der Waals surface area contributed by atoms with E-state index in [9.17, 15) is 22.8 Å². The number of nitrogens with zero attached hydrogens (tertiary/aromatic N) is 6. The first-order valence-electron chi connectivity index (χ1n) is 13.1. The Bertz CT molecular complexity index is 1610. The number of rotatable bonds is 7. The fourth-order valence-electron chi connectivity index (χ4n) is 4.81. The molecule has 1 amide bonds. The van der Waals surface area contributed by atoms with Crippen LogP contribution in [-0.4, -0.2) is 74.2 Å². The number of carbonyl (C=O) groups is 1. The van der Waals surface area contributed by atoms with Gasteiger partial charge < -0.3 is 14.2 Å². The average Bonchev–Trinajstić information content (AvgIpc) is 3.70. The third-order valence-corrected chi connectivity index (χ3v) is 7.03. The second-order valence-electron chi connectivity index (χ2n) is 9.97. The molecule has 4 aromatic rings. The maximum absolute atomic E-state index is 13.1. The number of carbonyl (C=O) groups excluding carboxylic acids is 1. The van der Waals surface area contributed by atoms with E-state index in [-0.39, 0.29) is 41.2 Å². The third kappa shape index (κ3) is 6.30. The molecule has 0 spiro atoms. The van der Waals surface area contributed by atoms with Crippen LogP contribution in [0.3, 0.4) is 0 Å². The normalized spacial score (nSPS) is 16.1. The van der Waals surface area contributed by atoms with Crippen LogP contribution in [0.4, 0.5) is 13.2 Å². The fourth-order valence-corrected chi connectivity index (χ4v) is 4.81. The van der Waals surface area contributed by atoms with Gasteiger partial charge in [-0.2, -0.15) is 10.1 Å². The second-order valence-corrected chi connectivity index (χ2v) is 9.97. The molecule has 0 radical (unpaired) electrons. The summed E-state index contributed by atoms with van der Waals surface area (Å²) in [5.74, 6) is -0.255. The van der Waals surface area contributed by atoms with E-state index in [0.717, 1.165) is 30.8 Å². The highest BCUT2D eigenvalue weighted by atomic mass is 19.4. The molecule has 1 aliphatic heterocycles. The fraction of sp³-hybridized carbons (Fsp3) is 0.321. The quantitative estimate of drug-likeness (QED) is 0.332. The molecule has 1 aliphatic carbocycles. The molecule has 3 heterocycles. The molecule has 1 saturated carbocycles. The standard InChI is InChI=1S/C28H25F3N6O4/c29-28(30,31)40-22-8-4-19(5-9-22)25-32-26(41-34-25)23-10-11-24(38)37(33-23)17-18-2-1-3-20(16-18)27(39)36-14-12-35(13-15-36)21-6-7-21/h1-5,8-11,16,21H,6-7,12-15,17H2. The first kappa shape index (κ1) is 26.7. The molecule has 2 aliphatic rings. The van der Waals surface area contributed by atoms with Gasteiger partial charge in [0.2, 0.25) is 5.82 Å². The van der Waals surface area contributed by atoms with E-state index in [1.807, 2.05) is 11.0 Å². The smallest absolute Gasteiger partial charge is 0.406 e. The molecule has 212 valence electrons. The summed E-state index contributed by atoms with van der Waals surface area (Å²) in [5, 5.41) is 8.23. The molecule has 0 atom stereocenters. The Hall–Kier alpha value is -4.52. The van der Waals surface area contributed by atoms with Crippen LogP contribution in [0.25, 0.3) is 23.0 Å². The van der Waals surface area contributed by atoms with Crippen LogP contribution in [0.2, 0.25) is 0 Å². The summed E-state index contributed by atoms with van der Waals surface area (Å²) in [4.78, 5) is 34.3. The summed E-state index contributed by atoms with van der Waals surface area (Å²) < 4.78 is 47.6. The highest BCUT2D eigenvalue weighted by Crippen LogP contribution is 2.28. The zero-order valence-corrected chi connectivity index (χ0v) is 21.8. The Morgan fingerprint density at radius 3 is 2.46 bits per heavy atom. The minimum absolute atomic E-state index is 0.0265. The van der Waals surface area contributed by atoms with Crippen molar-refractivity contribution in [1.82, 2.24) is 29.7 Å². The van der Waals surface area contributed by atoms with Crippen LogP contribution in [0.1, 0.15) is 28.8 Å². The van der Waals surface area contributed by atoms with Crippen LogP contribution in [-0.2, 0) is 6.54 Å². The number of benzene rings is 2. The molecule has 10 nitrogen and oxygen atoms in total. The van der Waals surface area contributed by atoms with Gasteiger partial charge >= 0.3 is 6.36 Å². The van der Waals surface area contributed by atoms with Gasteiger partial charge in [0.25, 0.3) is 17.4 Å². The van der Waals surface area contributed by atoms with E-state index in [4.69, 9.17) is 4.52 Å². The third-order valence-electron chi connectivity index (χ3n) is 7.03. The van der Waals surface area contributed by atoms with Gasteiger partial charge in [-0.25, -0.2) is 4.68 Å². The zero-order chi connectivity index (χ0) is 28.6. The SMILES string of the molecule is O=C(c1cccc(Cn2nc(-c3nc(-c4ccc(OC(F)(F)F)cc4)no3)ccc2=O)c1)N1CCN(C2CC2)CC1. The molecule has 41 heavy (non-hydrogen) atoms. The topological polar surface area (TPSA) is 107 Å². The lowest BCUT2D eigenvalue weighted by Crippen LogP contribution is -2.49. The molecule has 6 rings (SSSR count). The first-order chi connectivity index (χ1) is 19.7. The molecule has 2 aromatic carbocycles. The van der Waals surface area contributed by atoms with Gasteiger partial charge in [-0.1, -0.05) is 17.3 Å². The highest BCUT2D eigenvalue weighted by molar-refractivity contribution is 5.94. The summed E-state index contributed by atoms with van der Waals surface area (Å²) in [6.07, 6.45) is -2.30. The van der Waals surface area contributed by atoms with E-state index in [0.29, 0.717) is 30.3 Å². The minimum Gasteiger partial charge on any atom is -0.406 e. The number of piperazine rings is 1. The van der Waals surface area contributed by atoms with Gasteiger partial charge in [-0.3, -0.25) is 14.5 Å². The predicted molar refractivity (Wildman–Crippen MR) is 140 cm³/mol. The molecule has 1 saturated heterocycles. The van der Waals surface area contributed by atoms with Crippen LogP contribution < -0.4 is 10.3 Å². The molecule has 0 bridgehead atoms. The average molecular weight is 567 g/mol. The molecule has 0 N–H and O–H groups in total. The Morgan fingerprint density at radius 1 is 1.00 bits per heavy atom. The largest absolute Gasteiger partial charge is 0.573 e. The summed E-state index contributed by atoms with van der Waals surface area (Å²) in [7, 11) is 0. The molecule has 2 fully saturated rings. The van der Waals surface area contributed by atoms with Crippen molar-refractivity contribution < 1.29 is 27.2 Å². The van der Waals surface area contributed by atoms with Crippen molar-refractivity contribution in [2.45, 2.75) is 31.8 Å². The molecule has 0 unspecified atom stereocenters. The van der Waals surface area contributed by atoms with Gasteiger partial charge in [0.1, 0.15) is 11.4 Å². The highest BCUT2D eigenvalue weighted by Gasteiger charge is 2.33. The van der Waals surface area contributed by atoms with E-state index in [1.165, 1.54) is 41.8 Å². The molecule has 2 aromatic heterocycles. The summed E-state index contributed by atoms with van der Waals surface area (Å²) in [6, 6.07) is 15.6. The van der Waals surface area contributed by atoms with Crippen LogP contribution >= 0.6 is 0 Å². The van der Waals surface area contributed by atoms with Crippen LogP contribution in [0.15, 0.2) is 70.0 Å². The van der Waals surface area contributed by atoms with E-state index in [1.54, 1.807) is 18.2 Å².